The summed E-state index contributed by atoms with van der Waals surface area (Å²) >= 11 is 0. The first-order valence-electron chi connectivity index (χ1n) is 17.8. The molecular formula is C48H39NO. The van der Waals surface area contributed by atoms with Gasteiger partial charge in [-0.2, -0.15) is 0 Å². The first-order valence-corrected chi connectivity index (χ1v) is 17.8. The number of aryl methyl sites for hydroxylation is 2. The molecule has 0 amide bonds. The molecule has 50 heavy (non-hydrogen) atoms. The second-order valence-electron chi connectivity index (χ2n) is 15.5. The zero-order chi connectivity index (χ0) is 34.1. The number of anilines is 3. The van der Waals surface area contributed by atoms with Crippen molar-refractivity contribution in [2.45, 2.75) is 52.4 Å². The molecule has 2 nitrogen and oxygen atoms in total. The van der Waals surface area contributed by atoms with Gasteiger partial charge in [0.1, 0.15) is 5.58 Å². The predicted molar refractivity (Wildman–Crippen MR) is 211 cm³/mol. The Bertz CT molecular complexity index is 2740. The molecule has 0 aliphatic heterocycles. The van der Waals surface area contributed by atoms with Gasteiger partial charge in [0.05, 0.1) is 11.4 Å². The summed E-state index contributed by atoms with van der Waals surface area (Å²) in [5, 5.41) is 4.78. The lowest BCUT2D eigenvalue weighted by Gasteiger charge is -2.31. The molecule has 2 heteroatoms. The number of fused-ring (bicyclic) bond motifs is 11. The number of nitrogens with zero attached hydrogens (tertiary/aromatic N) is 1. The van der Waals surface area contributed by atoms with Gasteiger partial charge in [0.15, 0.2) is 5.58 Å². The third kappa shape index (κ3) is 3.79. The Morgan fingerprint density at radius 2 is 1.12 bits per heavy atom. The molecule has 0 spiro atoms. The van der Waals surface area contributed by atoms with Gasteiger partial charge in [0, 0.05) is 32.7 Å². The fourth-order valence-corrected chi connectivity index (χ4v) is 9.29. The minimum atomic E-state index is -0.209. The van der Waals surface area contributed by atoms with Crippen LogP contribution in [0.15, 0.2) is 132 Å². The Kier molecular flexibility index (Phi) is 5.86. The zero-order valence-electron chi connectivity index (χ0n) is 29.5. The highest BCUT2D eigenvalue weighted by Crippen LogP contribution is 2.59. The molecule has 8 aromatic rings. The van der Waals surface area contributed by atoms with E-state index in [4.69, 9.17) is 4.42 Å². The standard InChI is InChI=1S/C48H39NO/c1-28-22-23-41(29(2)24-28)49(42-20-13-18-34-32-16-10-12-21-44(32)50-46(34)42)43-27-40-45(33-17-8-7-15-31(33)43)36-26-38-35(25-39(36)48(40,5)6)30-14-9-11-19-37(30)47(38,3)4/h7-27H,1-6H3. The molecule has 0 atom stereocenters. The van der Waals surface area contributed by atoms with Crippen LogP contribution in [0.5, 0.6) is 0 Å². The maximum atomic E-state index is 6.72. The molecule has 1 heterocycles. The van der Waals surface area contributed by atoms with E-state index in [0.717, 1.165) is 33.3 Å². The lowest BCUT2D eigenvalue weighted by molar-refractivity contribution is 0.652. The van der Waals surface area contributed by atoms with E-state index < -0.39 is 0 Å². The maximum absolute atomic E-state index is 6.72. The van der Waals surface area contributed by atoms with Crippen molar-refractivity contribution in [1.82, 2.24) is 0 Å². The summed E-state index contributed by atoms with van der Waals surface area (Å²) in [6.07, 6.45) is 0. The van der Waals surface area contributed by atoms with Crippen molar-refractivity contribution >= 4 is 49.8 Å². The van der Waals surface area contributed by atoms with Crippen molar-refractivity contribution < 1.29 is 4.42 Å². The van der Waals surface area contributed by atoms with E-state index in [1.165, 1.54) is 72.1 Å². The molecule has 0 unspecified atom stereocenters. The van der Waals surface area contributed by atoms with Gasteiger partial charge in [-0.15, -0.1) is 0 Å². The third-order valence-corrected chi connectivity index (χ3v) is 11.8. The second kappa shape index (κ2) is 9.98. The van der Waals surface area contributed by atoms with Crippen LogP contribution in [-0.2, 0) is 10.8 Å². The van der Waals surface area contributed by atoms with Crippen molar-refractivity contribution in [3.63, 3.8) is 0 Å². The van der Waals surface area contributed by atoms with Crippen molar-refractivity contribution in [2.24, 2.45) is 0 Å². The van der Waals surface area contributed by atoms with E-state index in [-0.39, 0.29) is 10.8 Å². The fourth-order valence-electron chi connectivity index (χ4n) is 9.29. The van der Waals surface area contributed by atoms with Crippen molar-refractivity contribution in [3.05, 3.63) is 161 Å². The number of furan rings is 1. The Labute approximate surface area is 293 Å². The van der Waals surface area contributed by atoms with E-state index >= 15 is 0 Å². The molecular weight excluding hydrogens is 607 g/mol. The zero-order valence-corrected chi connectivity index (χ0v) is 29.5. The Balaban J connectivity index is 1.29. The van der Waals surface area contributed by atoms with Crippen LogP contribution in [0.2, 0.25) is 0 Å². The molecule has 0 fully saturated rings. The SMILES string of the molecule is Cc1ccc(N(c2cc3c(c4ccccc24)-c2cc4c(cc2C3(C)C)-c2ccccc2C4(C)C)c2cccc3c2oc2ccccc23)c(C)c1. The van der Waals surface area contributed by atoms with Crippen LogP contribution in [0.3, 0.4) is 0 Å². The first-order chi connectivity index (χ1) is 24.1. The van der Waals surface area contributed by atoms with E-state index in [1.54, 1.807) is 0 Å². The van der Waals surface area contributed by atoms with Gasteiger partial charge in [-0.1, -0.05) is 124 Å². The largest absolute Gasteiger partial charge is 0.454 e. The lowest BCUT2D eigenvalue weighted by atomic mass is 9.79. The summed E-state index contributed by atoms with van der Waals surface area (Å²) in [5.41, 5.74) is 18.4. The monoisotopic (exact) mass is 645 g/mol. The molecule has 0 radical (unpaired) electrons. The third-order valence-electron chi connectivity index (χ3n) is 11.8. The number of benzene rings is 7. The molecule has 0 saturated heterocycles. The van der Waals surface area contributed by atoms with Gasteiger partial charge in [-0.25, -0.2) is 0 Å². The Morgan fingerprint density at radius 3 is 1.94 bits per heavy atom. The Hall–Kier alpha value is -5.60. The summed E-state index contributed by atoms with van der Waals surface area (Å²) in [5.74, 6) is 0. The number of hydrogen-bond donors (Lipinski definition) is 0. The van der Waals surface area contributed by atoms with Gasteiger partial charge in [-0.3, -0.25) is 0 Å². The van der Waals surface area contributed by atoms with Crippen molar-refractivity contribution in [3.8, 4) is 22.3 Å². The van der Waals surface area contributed by atoms with Gasteiger partial charge in [0.25, 0.3) is 0 Å². The Morgan fingerprint density at radius 1 is 0.460 bits per heavy atom. The first kappa shape index (κ1) is 29.3. The summed E-state index contributed by atoms with van der Waals surface area (Å²) in [6, 6.07) is 47.3. The van der Waals surface area contributed by atoms with Crippen LogP contribution in [0, 0.1) is 13.8 Å². The molecule has 1 aromatic heterocycles. The molecule has 0 bridgehead atoms. The number of hydrogen-bond acceptors (Lipinski definition) is 2. The minimum absolute atomic E-state index is 0.0609. The molecule has 10 rings (SSSR count). The summed E-state index contributed by atoms with van der Waals surface area (Å²) in [6.45, 7) is 14.0. The molecule has 0 N–H and O–H groups in total. The van der Waals surface area contributed by atoms with Gasteiger partial charge >= 0.3 is 0 Å². The maximum Gasteiger partial charge on any atom is 0.159 e. The van der Waals surface area contributed by atoms with Crippen LogP contribution in [-0.4, -0.2) is 0 Å². The minimum Gasteiger partial charge on any atom is -0.454 e. The van der Waals surface area contributed by atoms with Crippen molar-refractivity contribution in [2.75, 3.05) is 4.90 Å². The fraction of sp³-hybridized carbons (Fsp3) is 0.167. The highest BCUT2D eigenvalue weighted by molar-refractivity contribution is 6.14. The number of rotatable bonds is 3. The summed E-state index contributed by atoms with van der Waals surface area (Å²) in [4.78, 5) is 2.46. The molecule has 242 valence electrons. The van der Waals surface area contributed by atoms with E-state index in [9.17, 15) is 0 Å². The summed E-state index contributed by atoms with van der Waals surface area (Å²) in [7, 11) is 0. The molecule has 2 aliphatic carbocycles. The lowest BCUT2D eigenvalue weighted by Crippen LogP contribution is -2.18. The average molecular weight is 646 g/mol. The smallest absolute Gasteiger partial charge is 0.159 e. The van der Waals surface area contributed by atoms with Crippen LogP contribution in [0.25, 0.3) is 55.0 Å². The number of para-hydroxylation sites is 2. The van der Waals surface area contributed by atoms with Gasteiger partial charge in [0.2, 0.25) is 0 Å². The predicted octanol–water partition coefficient (Wildman–Crippen LogP) is 13.4. The summed E-state index contributed by atoms with van der Waals surface area (Å²) < 4.78 is 6.72. The van der Waals surface area contributed by atoms with Gasteiger partial charge < -0.3 is 9.32 Å². The van der Waals surface area contributed by atoms with Gasteiger partial charge in [-0.05, 0) is 106 Å². The van der Waals surface area contributed by atoms with Crippen LogP contribution in [0.1, 0.15) is 61.1 Å². The van der Waals surface area contributed by atoms with E-state index in [1.807, 2.05) is 0 Å². The van der Waals surface area contributed by atoms with Crippen LogP contribution in [0.4, 0.5) is 17.1 Å². The quantitative estimate of drug-likeness (QED) is 0.190. The van der Waals surface area contributed by atoms with E-state index in [0.29, 0.717) is 0 Å². The van der Waals surface area contributed by atoms with E-state index in [2.05, 4.69) is 174 Å². The molecule has 0 saturated carbocycles. The van der Waals surface area contributed by atoms with Crippen LogP contribution >= 0.6 is 0 Å². The normalized spacial score (nSPS) is 14.9. The highest BCUT2D eigenvalue weighted by Gasteiger charge is 2.43. The molecule has 7 aromatic carbocycles. The topological polar surface area (TPSA) is 16.4 Å². The van der Waals surface area contributed by atoms with Crippen molar-refractivity contribution in [1.29, 1.82) is 0 Å². The highest BCUT2D eigenvalue weighted by atomic mass is 16.3. The molecule has 2 aliphatic rings. The van der Waals surface area contributed by atoms with Crippen LogP contribution < -0.4 is 4.90 Å². The second-order valence-corrected chi connectivity index (χ2v) is 15.5. The average Bonchev–Trinajstić information content (AvgIpc) is 3.69.